The summed E-state index contributed by atoms with van der Waals surface area (Å²) in [4.78, 5) is 45.8. The van der Waals surface area contributed by atoms with Gasteiger partial charge < -0.3 is 0 Å². The second-order valence-corrected chi connectivity index (χ2v) is 15.5. The minimum atomic E-state index is -4.98. The number of hydrogen-bond donors (Lipinski definition) is 7. The molecule has 0 amide bonds. The van der Waals surface area contributed by atoms with Crippen molar-refractivity contribution < 1.29 is 51.8 Å². The summed E-state index contributed by atoms with van der Waals surface area (Å²) in [5.41, 5.74) is 11.4. The van der Waals surface area contributed by atoms with E-state index in [1.54, 1.807) is 0 Å². The van der Waals surface area contributed by atoms with Crippen molar-refractivity contribution >= 4 is 61.3 Å². The van der Waals surface area contributed by atoms with E-state index in [1.165, 1.54) is 35.2 Å². The molecule has 9 atom stereocenters. The van der Waals surface area contributed by atoms with E-state index in [9.17, 15) is 24.5 Å². The number of phosphoric ester groups is 1. The van der Waals surface area contributed by atoms with Crippen molar-refractivity contribution in [3.05, 3.63) is 29.3 Å². The van der Waals surface area contributed by atoms with Crippen molar-refractivity contribution in [2.45, 2.75) is 49.1 Å². The van der Waals surface area contributed by atoms with Crippen LogP contribution in [0.4, 0.5) is 11.8 Å². The Morgan fingerprint density at radius 3 is 2.50 bits per heavy atom. The molecule has 7 heterocycles. The summed E-state index contributed by atoms with van der Waals surface area (Å²) < 4.78 is 56.1. The minimum absolute atomic E-state index is 0.00283. The fourth-order valence-corrected chi connectivity index (χ4v) is 8.27. The van der Waals surface area contributed by atoms with E-state index in [0.717, 1.165) is 0 Å². The van der Waals surface area contributed by atoms with Crippen molar-refractivity contribution in [1.82, 2.24) is 39.0 Å². The standard InChI is InChI=1S/C21H28N10O12P2S/c1-37-45(46)39-3-8-13(12(33)19(41-8)30-5-26-9-15(22)24-4-25-16(9)30)42-44(35,36)38-2-7-11(32)14(43-45)20(40-7)31-6-27-10-17(31)28-21(23)29-18(10)34/h4-8,11-14,19-20,32-33,45-46H,2-3H2,1H3,(H,35,36)(H2,22,24,25)(H3,23,28,29,34). The average molecular weight is 707 g/mol. The monoisotopic (exact) mass is 706 g/mol. The van der Waals surface area contributed by atoms with Crippen molar-refractivity contribution in [1.29, 1.82) is 0 Å². The van der Waals surface area contributed by atoms with Crippen LogP contribution >= 0.6 is 27.2 Å². The molecule has 7 rings (SSSR count). The van der Waals surface area contributed by atoms with Gasteiger partial charge in [-0.15, -0.1) is 0 Å². The van der Waals surface area contributed by atoms with E-state index in [-0.39, 0.29) is 34.1 Å². The third kappa shape index (κ3) is 5.46. The number of nitrogens with one attached hydrogen (secondary N) is 1. The Labute approximate surface area is 262 Å². The Hall–Kier alpha value is -2.89. The first-order valence-corrected chi connectivity index (χ1v) is 18.0. The second kappa shape index (κ2) is 11.7. The number of aromatic amines is 1. The SMILES string of the molecule is CO[PH]1(S)OCC2OC(n3cnc4c(N)ncnc43)C(O)C2OP(=O)(O)OCC2OC(n3cnc4c(=O)[nH]c(N)nc43)C(O1)C2O. The van der Waals surface area contributed by atoms with Crippen LogP contribution in [0.1, 0.15) is 12.5 Å². The van der Waals surface area contributed by atoms with Crippen molar-refractivity contribution in [2.75, 3.05) is 31.8 Å². The molecule has 0 aliphatic carbocycles. The van der Waals surface area contributed by atoms with Crippen LogP contribution in [0.25, 0.3) is 22.3 Å². The molecule has 0 saturated carbocycles. The average Bonchev–Trinajstić information content (AvgIpc) is 3.77. The third-order valence-corrected chi connectivity index (χ3v) is 11.5. The van der Waals surface area contributed by atoms with Crippen LogP contribution in [-0.2, 0) is 36.7 Å². The zero-order valence-electron chi connectivity index (χ0n) is 23.5. The zero-order chi connectivity index (χ0) is 32.5. The summed E-state index contributed by atoms with van der Waals surface area (Å²) in [5.74, 6) is -0.123. The van der Waals surface area contributed by atoms with Gasteiger partial charge in [0.05, 0.1) is 0 Å². The summed E-state index contributed by atoms with van der Waals surface area (Å²) in [7, 11) is -7.76. The number of hydrogen-bond acceptors (Lipinski definition) is 19. The number of phosphoric acid groups is 1. The van der Waals surface area contributed by atoms with Gasteiger partial charge in [0.2, 0.25) is 0 Å². The molecular formula is C21H28N10O12P2S. The Kier molecular flexibility index (Phi) is 8.04. The van der Waals surface area contributed by atoms with Gasteiger partial charge in [-0.05, 0) is 0 Å². The Balaban J connectivity index is 1.22. The predicted molar refractivity (Wildman–Crippen MR) is 158 cm³/mol. The first-order chi connectivity index (χ1) is 21.9. The third-order valence-electron chi connectivity index (χ3n) is 7.64. The van der Waals surface area contributed by atoms with Crippen LogP contribution in [0, 0.1) is 0 Å². The molecule has 46 heavy (non-hydrogen) atoms. The maximum absolute atomic E-state index is 13.2. The first-order valence-electron chi connectivity index (χ1n) is 13.5. The predicted octanol–water partition coefficient (Wildman–Crippen LogP) is -1.46. The van der Waals surface area contributed by atoms with E-state index < -0.39 is 82.8 Å². The number of nitrogens with zero attached hydrogens (tertiary/aromatic N) is 7. The van der Waals surface area contributed by atoms with Crippen LogP contribution in [0.3, 0.4) is 0 Å². The summed E-state index contributed by atoms with van der Waals surface area (Å²) in [6, 6.07) is 0. The zero-order valence-corrected chi connectivity index (χ0v) is 26.2. The number of ether oxygens (including phenoxy) is 2. The molecule has 25 heteroatoms. The summed E-state index contributed by atoms with van der Waals surface area (Å²) in [6.45, 7) is -1.14. The second-order valence-electron chi connectivity index (χ2n) is 10.4. The van der Waals surface area contributed by atoms with Crippen LogP contribution in [-0.4, -0.2) is 111 Å². The van der Waals surface area contributed by atoms with Crippen molar-refractivity contribution in [3.63, 3.8) is 0 Å². The first kappa shape index (κ1) is 31.7. The van der Waals surface area contributed by atoms with E-state index in [2.05, 4.69) is 42.2 Å². The molecule has 250 valence electrons. The van der Waals surface area contributed by atoms with Crippen LogP contribution in [0.2, 0.25) is 0 Å². The molecule has 0 radical (unpaired) electrons. The van der Waals surface area contributed by atoms with Gasteiger partial charge in [0.15, 0.2) is 0 Å². The van der Waals surface area contributed by atoms with E-state index in [0.29, 0.717) is 0 Å². The van der Waals surface area contributed by atoms with Crippen molar-refractivity contribution in [3.8, 4) is 0 Å². The number of aliphatic hydroxyl groups is 2. The van der Waals surface area contributed by atoms with E-state index in [4.69, 9.17) is 43.6 Å². The molecule has 2 bridgehead atoms. The van der Waals surface area contributed by atoms with Crippen LogP contribution < -0.4 is 17.0 Å². The molecule has 3 fully saturated rings. The molecule has 0 aromatic carbocycles. The van der Waals surface area contributed by atoms with Gasteiger partial charge in [-0.1, -0.05) is 0 Å². The number of nitrogens with two attached hydrogens (primary N) is 2. The summed E-state index contributed by atoms with van der Waals surface area (Å²) in [6.07, 6.45) is -7.28. The summed E-state index contributed by atoms with van der Waals surface area (Å²) >= 11 is 4.53. The van der Waals surface area contributed by atoms with Crippen LogP contribution in [0.5, 0.6) is 0 Å². The molecule has 4 aromatic heterocycles. The normalized spacial score (nSPS) is 35.8. The molecule has 3 aliphatic rings. The van der Waals surface area contributed by atoms with Crippen molar-refractivity contribution in [2.24, 2.45) is 0 Å². The van der Waals surface area contributed by atoms with Gasteiger partial charge in [0.25, 0.3) is 0 Å². The van der Waals surface area contributed by atoms with Gasteiger partial charge in [-0.2, -0.15) is 0 Å². The number of imidazole rings is 2. The number of fused-ring (bicyclic) bond motifs is 5. The van der Waals surface area contributed by atoms with Gasteiger partial charge in [-0.25, -0.2) is 0 Å². The number of aliphatic hydroxyl groups excluding tert-OH is 2. The van der Waals surface area contributed by atoms with E-state index >= 15 is 0 Å². The molecule has 9 unspecified atom stereocenters. The van der Waals surface area contributed by atoms with Gasteiger partial charge in [0, 0.05) is 0 Å². The van der Waals surface area contributed by atoms with E-state index in [1.807, 2.05) is 0 Å². The molecule has 4 aromatic rings. The molecule has 3 saturated heterocycles. The number of thiol groups is 1. The molecule has 0 spiro atoms. The Morgan fingerprint density at radius 1 is 1.02 bits per heavy atom. The molecular weight excluding hydrogens is 678 g/mol. The molecule has 3 aliphatic heterocycles. The topological polar surface area (TPSA) is 302 Å². The summed E-state index contributed by atoms with van der Waals surface area (Å²) in [5, 5.41) is 22.5. The number of anilines is 2. The van der Waals surface area contributed by atoms with Gasteiger partial charge >= 0.3 is 262 Å². The molecule has 22 nitrogen and oxygen atoms in total. The number of aromatic nitrogens is 8. The Morgan fingerprint density at radius 2 is 1.74 bits per heavy atom. The van der Waals surface area contributed by atoms with Crippen LogP contribution in [0.15, 0.2) is 23.8 Å². The molecule has 8 N–H and O–H groups in total. The number of rotatable bonds is 3. The maximum atomic E-state index is 13.2. The Bertz CT molecular complexity index is 1900. The quantitative estimate of drug-likeness (QED) is 0.0946. The fourth-order valence-electron chi connectivity index (χ4n) is 5.46. The van der Waals surface area contributed by atoms with Gasteiger partial charge in [-0.3, -0.25) is 0 Å². The number of H-pyrrole nitrogens is 1. The fraction of sp³-hybridized carbons (Fsp3) is 0.524. The van der Waals surface area contributed by atoms with Gasteiger partial charge in [0.1, 0.15) is 0 Å². The number of nitrogen functional groups attached to an aromatic ring is 2.